The fourth-order valence-corrected chi connectivity index (χ4v) is 3.80. The Kier molecular flexibility index (Phi) is 4.04. The predicted octanol–water partition coefficient (Wildman–Crippen LogP) is 0.206. The summed E-state index contributed by atoms with van der Waals surface area (Å²) in [5, 5.41) is 2.01. The second-order valence-electron chi connectivity index (χ2n) is 4.44. The van der Waals surface area contributed by atoms with Gasteiger partial charge in [0.2, 0.25) is 21.8 Å². The molecule has 21 heavy (non-hydrogen) atoms. The third-order valence-electron chi connectivity index (χ3n) is 3.01. The number of hydrogen-bond acceptors (Lipinski definition) is 5. The van der Waals surface area contributed by atoms with Gasteiger partial charge >= 0.3 is 0 Å². The van der Waals surface area contributed by atoms with Crippen molar-refractivity contribution in [2.75, 3.05) is 12.3 Å². The molecule has 1 aromatic carbocycles. The van der Waals surface area contributed by atoms with Crippen LogP contribution in [0.25, 0.3) is 0 Å². The van der Waals surface area contributed by atoms with Crippen LogP contribution in [0.5, 0.6) is 0 Å². The Hall–Kier alpha value is -1.52. The first kappa shape index (κ1) is 15.9. The minimum Gasteiger partial charge on any atom is -0.398 e. The van der Waals surface area contributed by atoms with E-state index in [1.807, 2.05) is 5.32 Å². The first-order chi connectivity index (χ1) is 9.64. The summed E-state index contributed by atoms with van der Waals surface area (Å²) in [6, 6.07) is 0.731. The van der Waals surface area contributed by atoms with Crippen molar-refractivity contribution >= 4 is 43.5 Å². The van der Waals surface area contributed by atoms with Crippen molar-refractivity contribution in [3.63, 3.8) is 0 Å². The van der Waals surface area contributed by atoms with Crippen LogP contribution in [0.1, 0.15) is 6.92 Å². The number of imide groups is 1. The van der Waals surface area contributed by atoms with Gasteiger partial charge in [-0.15, -0.1) is 0 Å². The van der Waals surface area contributed by atoms with Crippen LogP contribution >= 0.6 is 15.9 Å². The summed E-state index contributed by atoms with van der Waals surface area (Å²) < 4.78 is 39.7. The van der Waals surface area contributed by atoms with Crippen LogP contribution in [-0.2, 0) is 19.6 Å². The van der Waals surface area contributed by atoms with Crippen molar-refractivity contribution in [2.45, 2.75) is 17.9 Å². The Morgan fingerprint density at radius 2 is 2.05 bits per heavy atom. The molecule has 3 N–H and O–H groups in total. The average Bonchev–Trinajstić information content (AvgIpc) is 2.37. The normalized spacial score (nSPS) is 20.4. The van der Waals surface area contributed by atoms with Crippen molar-refractivity contribution in [3.8, 4) is 0 Å². The number of halogens is 2. The Morgan fingerprint density at radius 3 is 2.67 bits per heavy atom. The van der Waals surface area contributed by atoms with Gasteiger partial charge in [-0.05, 0) is 35.0 Å². The monoisotopic (exact) mass is 379 g/mol. The maximum atomic E-state index is 13.9. The van der Waals surface area contributed by atoms with E-state index in [2.05, 4.69) is 15.9 Å². The van der Waals surface area contributed by atoms with E-state index in [4.69, 9.17) is 5.73 Å². The Bertz CT molecular complexity index is 737. The summed E-state index contributed by atoms with van der Waals surface area (Å²) in [6.45, 7) is 0.740. The number of anilines is 1. The number of benzene rings is 1. The lowest BCUT2D eigenvalue weighted by Crippen LogP contribution is -2.58. The molecule has 0 radical (unpaired) electrons. The highest BCUT2D eigenvalue weighted by Crippen LogP contribution is 2.29. The number of carbonyl (C=O) groups is 2. The first-order valence-electron chi connectivity index (χ1n) is 5.74. The molecule has 2 rings (SSSR count). The van der Waals surface area contributed by atoms with E-state index in [0.717, 1.165) is 12.1 Å². The van der Waals surface area contributed by atoms with Crippen molar-refractivity contribution < 1.29 is 22.4 Å². The summed E-state index contributed by atoms with van der Waals surface area (Å²) >= 11 is 2.98. The van der Waals surface area contributed by atoms with Gasteiger partial charge < -0.3 is 5.73 Å². The SMILES string of the molecule is CC1C(=O)NC(=O)CN1S(=O)(=O)c1cc(N)c(Br)cc1F. The molecule has 114 valence electrons. The van der Waals surface area contributed by atoms with Crippen molar-refractivity contribution in [1.82, 2.24) is 9.62 Å². The molecule has 0 aromatic heterocycles. The van der Waals surface area contributed by atoms with Crippen LogP contribution in [0.3, 0.4) is 0 Å². The highest BCUT2D eigenvalue weighted by molar-refractivity contribution is 9.10. The quantitative estimate of drug-likeness (QED) is 0.563. The number of rotatable bonds is 2. The molecular formula is C11H11BrFN3O4S. The van der Waals surface area contributed by atoms with Gasteiger partial charge in [-0.2, -0.15) is 4.31 Å². The number of nitrogens with zero attached hydrogens (tertiary/aromatic N) is 1. The fourth-order valence-electron chi connectivity index (χ4n) is 1.85. The Balaban J connectivity index is 2.54. The van der Waals surface area contributed by atoms with Crippen molar-refractivity contribution in [1.29, 1.82) is 0 Å². The maximum absolute atomic E-state index is 13.9. The number of hydrogen-bond donors (Lipinski definition) is 2. The van der Waals surface area contributed by atoms with Crippen LogP contribution < -0.4 is 11.1 Å². The molecule has 0 bridgehead atoms. The van der Waals surface area contributed by atoms with Crippen LogP contribution in [0.2, 0.25) is 0 Å². The first-order valence-corrected chi connectivity index (χ1v) is 7.98. The van der Waals surface area contributed by atoms with Gasteiger partial charge in [0.05, 0.1) is 6.54 Å². The number of carbonyl (C=O) groups excluding carboxylic acids is 2. The number of nitrogen functional groups attached to an aromatic ring is 1. The number of amides is 2. The smallest absolute Gasteiger partial charge is 0.247 e. The molecule has 7 nitrogen and oxygen atoms in total. The Labute approximate surface area is 128 Å². The lowest BCUT2D eigenvalue weighted by atomic mass is 10.2. The standard InChI is InChI=1S/C11H11BrFN3O4S/c1-5-11(18)15-10(17)4-16(5)21(19,20)9-3-8(14)6(12)2-7(9)13/h2-3,5H,4,14H2,1H3,(H,15,17,18). The molecule has 2 amide bonds. The zero-order valence-electron chi connectivity index (χ0n) is 10.8. The predicted molar refractivity (Wildman–Crippen MR) is 75.0 cm³/mol. The maximum Gasteiger partial charge on any atom is 0.247 e. The molecule has 0 spiro atoms. The van der Waals surface area contributed by atoms with Crippen molar-refractivity contribution in [2.24, 2.45) is 0 Å². The van der Waals surface area contributed by atoms with E-state index in [-0.39, 0.29) is 10.2 Å². The topological polar surface area (TPSA) is 110 Å². The van der Waals surface area contributed by atoms with Gasteiger partial charge in [-0.3, -0.25) is 14.9 Å². The van der Waals surface area contributed by atoms with E-state index in [1.165, 1.54) is 6.92 Å². The molecule has 0 saturated carbocycles. The van der Waals surface area contributed by atoms with Gasteiger partial charge in [0.1, 0.15) is 16.8 Å². The van der Waals surface area contributed by atoms with E-state index in [0.29, 0.717) is 4.31 Å². The van der Waals surface area contributed by atoms with Gasteiger partial charge in [-0.25, -0.2) is 12.8 Å². The Morgan fingerprint density at radius 1 is 1.43 bits per heavy atom. The van der Waals surface area contributed by atoms with E-state index >= 15 is 0 Å². The van der Waals surface area contributed by atoms with Crippen LogP contribution in [0.15, 0.2) is 21.5 Å². The van der Waals surface area contributed by atoms with Crippen molar-refractivity contribution in [3.05, 3.63) is 22.4 Å². The minimum atomic E-state index is -4.37. The minimum absolute atomic E-state index is 0.0235. The molecule has 1 saturated heterocycles. The van der Waals surface area contributed by atoms with E-state index < -0.39 is 45.1 Å². The summed E-state index contributed by atoms with van der Waals surface area (Å²) in [5.74, 6) is -2.56. The summed E-state index contributed by atoms with van der Waals surface area (Å²) in [7, 11) is -4.37. The van der Waals surface area contributed by atoms with Crippen LogP contribution in [0, 0.1) is 5.82 Å². The lowest BCUT2D eigenvalue weighted by Gasteiger charge is -2.30. The third-order valence-corrected chi connectivity index (χ3v) is 5.63. The zero-order chi connectivity index (χ0) is 15.9. The molecule has 1 heterocycles. The number of nitrogens with one attached hydrogen (secondary N) is 1. The average molecular weight is 380 g/mol. The molecule has 1 atom stereocenters. The lowest BCUT2D eigenvalue weighted by molar-refractivity contribution is -0.136. The van der Waals surface area contributed by atoms with Gasteiger partial charge in [0.15, 0.2) is 0 Å². The second-order valence-corrected chi connectivity index (χ2v) is 7.16. The largest absolute Gasteiger partial charge is 0.398 e. The molecule has 0 aliphatic carbocycles. The van der Waals surface area contributed by atoms with Gasteiger partial charge in [0, 0.05) is 10.2 Å². The summed E-state index contributed by atoms with van der Waals surface area (Å²) in [5.41, 5.74) is 5.59. The fraction of sp³-hybridized carbons (Fsp3) is 0.273. The summed E-state index contributed by atoms with van der Waals surface area (Å²) in [6.07, 6.45) is 0. The van der Waals surface area contributed by atoms with Gasteiger partial charge in [-0.1, -0.05) is 0 Å². The molecule has 1 fully saturated rings. The molecule has 10 heteroatoms. The highest BCUT2D eigenvalue weighted by atomic mass is 79.9. The zero-order valence-corrected chi connectivity index (χ0v) is 13.2. The second kappa shape index (κ2) is 5.35. The number of piperazine rings is 1. The molecular weight excluding hydrogens is 369 g/mol. The third kappa shape index (κ3) is 2.78. The number of nitrogens with two attached hydrogens (primary N) is 1. The van der Waals surface area contributed by atoms with Crippen LogP contribution in [0.4, 0.5) is 10.1 Å². The van der Waals surface area contributed by atoms with E-state index in [9.17, 15) is 22.4 Å². The van der Waals surface area contributed by atoms with Gasteiger partial charge in [0.25, 0.3) is 0 Å². The summed E-state index contributed by atoms with van der Waals surface area (Å²) in [4.78, 5) is 22.2. The highest BCUT2D eigenvalue weighted by Gasteiger charge is 2.40. The molecule has 1 aromatic rings. The van der Waals surface area contributed by atoms with E-state index in [1.54, 1.807) is 0 Å². The molecule has 1 aliphatic heterocycles. The molecule has 1 unspecified atom stereocenters. The van der Waals surface area contributed by atoms with Crippen LogP contribution in [-0.4, -0.2) is 37.1 Å². The number of sulfonamides is 1. The molecule has 1 aliphatic rings.